The molecule has 10 heteroatoms. The molecule has 3 aromatic rings. The van der Waals surface area contributed by atoms with Gasteiger partial charge in [-0.2, -0.15) is 4.98 Å². The lowest BCUT2D eigenvalue weighted by molar-refractivity contribution is 0.0771. The number of likely N-dealkylation sites (tertiary alicyclic amines) is 1. The highest BCUT2D eigenvalue weighted by Gasteiger charge is 2.54. The predicted octanol–water partition coefficient (Wildman–Crippen LogP) is 2.42. The van der Waals surface area contributed by atoms with E-state index in [1.54, 1.807) is 43.5 Å². The average molecular weight is 475 g/mol. The third kappa shape index (κ3) is 3.81. The maximum Gasteiger partial charge on any atom is 0.270 e. The SMILES string of the molecule is CN(C)C(=O)c1cc2cnc(Nc3ccc(C(=O)N4C[C@@H]5[C@H](N)[C@@H]5C4)cn3)nc2n1C1CCCC1. The molecule has 3 N–H and O–H groups in total. The molecule has 10 nitrogen and oxygen atoms in total. The third-order valence-corrected chi connectivity index (χ3v) is 7.69. The molecular formula is C25H30N8O2. The van der Waals surface area contributed by atoms with Crippen LogP contribution in [0.2, 0.25) is 0 Å². The van der Waals surface area contributed by atoms with Crippen LogP contribution in [0.15, 0.2) is 30.6 Å². The number of piperidine rings is 1. The Morgan fingerprint density at radius 3 is 2.49 bits per heavy atom. The second-order valence-electron chi connectivity index (χ2n) is 10.2. The van der Waals surface area contributed by atoms with Crippen molar-refractivity contribution >= 4 is 34.6 Å². The second-order valence-corrected chi connectivity index (χ2v) is 10.2. The van der Waals surface area contributed by atoms with Gasteiger partial charge in [-0.15, -0.1) is 0 Å². The lowest BCUT2D eigenvalue weighted by Crippen LogP contribution is -2.33. The predicted molar refractivity (Wildman–Crippen MR) is 131 cm³/mol. The number of aromatic nitrogens is 4. The van der Waals surface area contributed by atoms with Crippen LogP contribution in [0.3, 0.4) is 0 Å². The average Bonchev–Trinajstić information content (AvgIpc) is 3.38. The van der Waals surface area contributed by atoms with Crippen molar-refractivity contribution in [3.8, 4) is 0 Å². The van der Waals surface area contributed by atoms with Crippen LogP contribution < -0.4 is 11.1 Å². The van der Waals surface area contributed by atoms with Crippen LogP contribution in [0.5, 0.6) is 0 Å². The van der Waals surface area contributed by atoms with Crippen molar-refractivity contribution in [1.29, 1.82) is 0 Å². The van der Waals surface area contributed by atoms with Crippen LogP contribution in [-0.2, 0) is 0 Å². The summed E-state index contributed by atoms with van der Waals surface area (Å²) in [5, 5.41) is 3.99. The highest BCUT2D eigenvalue weighted by molar-refractivity contribution is 5.98. The van der Waals surface area contributed by atoms with Crippen LogP contribution in [0.4, 0.5) is 11.8 Å². The van der Waals surface area contributed by atoms with E-state index in [-0.39, 0.29) is 23.9 Å². The first-order valence-electron chi connectivity index (χ1n) is 12.3. The summed E-state index contributed by atoms with van der Waals surface area (Å²) in [6.07, 6.45) is 7.69. The number of hydrogen-bond donors (Lipinski definition) is 2. The molecule has 0 spiro atoms. The quantitative estimate of drug-likeness (QED) is 0.582. The lowest BCUT2D eigenvalue weighted by atomic mass is 10.2. The summed E-state index contributed by atoms with van der Waals surface area (Å²) >= 11 is 0. The van der Waals surface area contributed by atoms with Crippen LogP contribution >= 0.6 is 0 Å². The van der Waals surface area contributed by atoms with E-state index in [4.69, 9.17) is 10.7 Å². The van der Waals surface area contributed by atoms with Gasteiger partial charge in [0.05, 0.1) is 5.56 Å². The summed E-state index contributed by atoms with van der Waals surface area (Å²) in [6.45, 7) is 1.47. The summed E-state index contributed by atoms with van der Waals surface area (Å²) in [4.78, 5) is 42.7. The van der Waals surface area contributed by atoms with Gasteiger partial charge in [-0.25, -0.2) is 9.97 Å². The van der Waals surface area contributed by atoms with Crippen molar-refractivity contribution in [1.82, 2.24) is 29.3 Å². The fourth-order valence-electron chi connectivity index (χ4n) is 5.62. The van der Waals surface area contributed by atoms with Gasteiger partial charge >= 0.3 is 0 Å². The molecule has 2 saturated carbocycles. The molecule has 1 saturated heterocycles. The van der Waals surface area contributed by atoms with E-state index in [0.717, 1.165) is 49.8 Å². The van der Waals surface area contributed by atoms with Gasteiger partial charge in [-0.3, -0.25) is 9.59 Å². The molecule has 3 fully saturated rings. The molecule has 35 heavy (non-hydrogen) atoms. The maximum absolute atomic E-state index is 12.9. The summed E-state index contributed by atoms with van der Waals surface area (Å²) in [6, 6.07) is 5.93. The smallest absolute Gasteiger partial charge is 0.270 e. The normalized spacial score (nSPS) is 23.5. The van der Waals surface area contributed by atoms with Gasteiger partial charge in [0.2, 0.25) is 5.95 Å². The van der Waals surface area contributed by atoms with Crippen LogP contribution in [0.1, 0.15) is 52.6 Å². The Bertz CT molecular complexity index is 1280. The van der Waals surface area contributed by atoms with Crippen LogP contribution in [0.25, 0.3) is 11.0 Å². The molecule has 6 rings (SSSR count). The molecule has 3 atom stereocenters. The lowest BCUT2D eigenvalue weighted by Gasteiger charge is -2.19. The zero-order valence-corrected chi connectivity index (χ0v) is 20.0. The van der Waals surface area contributed by atoms with Crippen molar-refractivity contribution in [3.05, 3.63) is 41.9 Å². The number of hydrogen-bond acceptors (Lipinski definition) is 7. The Balaban J connectivity index is 1.23. The van der Waals surface area contributed by atoms with Crippen molar-refractivity contribution in [2.24, 2.45) is 17.6 Å². The van der Waals surface area contributed by atoms with E-state index in [1.165, 1.54) is 0 Å². The zero-order valence-electron chi connectivity index (χ0n) is 20.0. The van der Waals surface area contributed by atoms with Gasteiger partial charge < -0.3 is 25.4 Å². The van der Waals surface area contributed by atoms with Gasteiger partial charge in [0, 0.05) is 57.0 Å². The van der Waals surface area contributed by atoms with Crippen molar-refractivity contribution in [3.63, 3.8) is 0 Å². The van der Waals surface area contributed by atoms with Gasteiger partial charge in [0.25, 0.3) is 11.8 Å². The van der Waals surface area contributed by atoms with E-state index in [2.05, 4.69) is 19.9 Å². The molecule has 1 aliphatic heterocycles. The van der Waals surface area contributed by atoms with Gasteiger partial charge in [0.1, 0.15) is 17.2 Å². The molecular weight excluding hydrogens is 444 g/mol. The molecule has 2 aliphatic carbocycles. The topological polar surface area (TPSA) is 122 Å². The van der Waals surface area contributed by atoms with Crippen LogP contribution in [0, 0.1) is 11.8 Å². The molecule has 0 unspecified atom stereocenters. The summed E-state index contributed by atoms with van der Waals surface area (Å²) in [5.41, 5.74) is 7.93. The van der Waals surface area contributed by atoms with Gasteiger partial charge in [-0.1, -0.05) is 12.8 Å². The Hall–Kier alpha value is -3.53. The Morgan fingerprint density at radius 2 is 1.83 bits per heavy atom. The molecule has 0 radical (unpaired) electrons. The van der Waals surface area contributed by atoms with Crippen molar-refractivity contribution < 1.29 is 9.59 Å². The number of pyridine rings is 1. The van der Waals surface area contributed by atoms with E-state index >= 15 is 0 Å². The number of carbonyl (C=O) groups excluding carboxylic acids is 2. The Kier molecular flexibility index (Phi) is 5.21. The van der Waals surface area contributed by atoms with E-state index in [0.29, 0.717) is 34.9 Å². The fourth-order valence-corrected chi connectivity index (χ4v) is 5.62. The highest BCUT2D eigenvalue weighted by atomic mass is 16.2. The highest BCUT2D eigenvalue weighted by Crippen LogP contribution is 2.44. The number of amides is 2. The molecule has 0 aromatic carbocycles. The first kappa shape index (κ1) is 22.0. The van der Waals surface area contributed by atoms with Gasteiger partial charge in [0.15, 0.2) is 0 Å². The molecule has 182 valence electrons. The third-order valence-electron chi connectivity index (χ3n) is 7.69. The second kappa shape index (κ2) is 8.30. The summed E-state index contributed by atoms with van der Waals surface area (Å²) < 4.78 is 2.08. The minimum atomic E-state index is -0.0383. The number of fused-ring (bicyclic) bond motifs is 2. The van der Waals surface area contributed by atoms with Gasteiger partial charge in [-0.05, 0) is 42.9 Å². The zero-order chi connectivity index (χ0) is 24.3. The number of carbonyl (C=O) groups is 2. The minimum Gasteiger partial charge on any atom is -0.343 e. The molecule has 2 amide bonds. The van der Waals surface area contributed by atoms with Crippen molar-refractivity contribution in [2.75, 3.05) is 32.5 Å². The summed E-state index contributed by atoms with van der Waals surface area (Å²) in [7, 11) is 3.53. The first-order chi connectivity index (χ1) is 16.9. The number of nitrogens with two attached hydrogens (primary N) is 1. The van der Waals surface area contributed by atoms with E-state index in [9.17, 15) is 9.59 Å². The van der Waals surface area contributed by atoms with E-state index < -0.39 is 0 Å². The fraction of sp³-hybridized carbons (Fsp3) is 0.480. The number of rotatable bonds is 5. The maximum atomic E-state index is 12.9. The Morgan fingerprint density at radius 1 is 1.09 bits per heavy atom. The monoisotopic (exact) mass is 474 g/mol. The molecule has 4 heterocycles. The number of anilines is 2. The summed E-state index contributed by atoms with van der Waals surface area (Å²) in [5.74, 6) is 1.82. The Labute approximate surface area is 203 Å². The standard InChI is InChI=1S/C25H30N8O2/c1-31(2)24(35)19-9-15-11-28-25(30-22(15)33(19)16-5-3-4-6-16)29-20-8-7-14(10-27-20)23(34)32-12-17-18(13-32)21(17)26/h7-11,16-18,21H,3-6,12-13,26H2,1-2H3,(H,27,28,29,30)/t17-,18+,21-. The molecule has 3 aliphatic rings. The first-order valence-corrected chi connectivity index (χ1v) is 12.3. The largest absolute Gasteiger partial charge is 0.343 e. The molecule has 0 bridgehead atoms. The minimum absolute atomic E-state index is 0.00593. The molecule has 3 aromatic heterocycles. The number of nitrogens with zero attached hydrogens (tertiary/aromatic N) is 6. The van der Waals surface area contributed by atoms with Crippen molar-refractivity contribution in [2.45, 2.75) is 37.8 Å². The number of nitrogens with one attached hydrogen (secondary N) is 1. The van der Waals surface area contributed by atoms with Crippen LogP contribution in [-0.4, -0.2) is 74.4 Å². The van der Waals surface area contributed by atoms with E-state index in [1.807, 2.05) is 11.0 Å².